The van der Waals surface area contributed by atoms with Gasteiger partial charge in [-0.15, -0.1) is 13.2 Å². The van der Waals surface area contributed by atoms with E-state index < -0.39 is 22.1 Å². The van der Waals surface area contributed by atoms with Crippen LogP contribution in [0.5, 0.6) is 5.75 Å². The van der Waals surface area contributed by atoms with Crippen LogP contribution in [0.15, 0.2) is 29.2 Å². The van der Waals surface area contributed by atoms with Gasteiger partial charge >= 0.3 is 6.36 Å². The van der Waals surface area contributed by atoms with Crippen LogP contribution >= 0.6 is 0 Å². The van der Waals surface area contributed by atoms with Crippen molar-refractivity contribution in [2.75, 3.05) is 26.2 Å². The fraction of sp³-hybridized carbons (Fsp3) is 0.727. The third-order valence-corrected chi connectivity index (χ3v) is 9.10. The topological polar surface area (TPSA) is 70.1 Å². The summed E-state index contributed by atoms with van der Waals surface area (Å²) in [6.45, 7) is 2.64. The van der Waals surface area contributed by atoms with E-state index in [4.69, 9.17) is 0 Å². The maximum absolute atomic E-state index is 13.7. The van der Waals surface area contributed by atoms with Gasteiger partial charge in [0.15, 0.2) is 0 Å². The number of hydrogen-bond acceptors (Lipinski definition) is 5. The molecule has 0 aliphatic carbocycles. The number of halogens is 3. The highest BCUT2D eigenvalue weighted by Crippen LogP contribution is 2.45. The summed E-state index contributed by atoms with van der Waals surface area (Å²) in [6, 6.07) is 4.72. The van der Waals surface area contributed by atoms with Crippen molar-refractivity contribution < 1.29 is 31.4 Å². The van der Waals surface area contributed by atoms with Crippen LogP contribution in [-0.4, -0.2) is 67.4 Å². The van der Waals surface area contributed by atoms with Crippen molar-refractivity contribution in [2.45, 2.75) is 68.3 Å². The van der Waals surface area contributed by atoms with E-state index in [-0.39, 0.29) is 29.4 Å². The third-order valence-electron chi connectivity index (χ3n) is 7.20. The minimum absolute atomic E-state index is 0.0129. The molecule has 0 bridgehead atoms. The number of hydrogen-bond donors (Lipinski definition) is 1. The number of rotatable bonds is 7. The highest BCUT2D eigenvalue weighted by Gasteiger charge is 2.51. The Kier molecular flexibility index (Phi) is 7.05. The van der Waals surface area contributed by atoms with Gasteiger partial charge in [0.1, 0.15) is 5.75 Å². The zero-order valence-electron chi connectivity index (χ0n) is 18.0. The van der Waals surface area contributed by atoms with Gasteiger partial charge in [-0.3, -0.25) is 4.90 Å². The average Bonchev–Trinajstić information content (AvgIpc) is 2.74. The summed E-state index contributed by atoms with van der Waals surface area (Å²) in [5.41, 5.74) is 0. The molecule has 1 N–H and O–H groups in total. The van der Waals surface area contributed by atoms with Gasteiger partial charge in [0.2, 0.25) is 10.0 Å². The Morgan fingerprint density at radius 3 is 2.41 bits per heavy atom. The van der Waals surface area contributed by atoms with Crippen LogP contribution in [0.1, 0.15) is 44.9 Å². The zero-order chi connectivity index (χ0) is 22.9. The van der Waals surface area contributed by atoms with Gasteiger partial charge in [0.25, 0.3) is 0 Å². The van der Waals surface area contributed by atoms with Gasteiger partial charge in [-0.1, -0.05) is 0 Å². The average molecular weight is 477 g/mol. The first-order chi connectivity index (χ1) is 15.2. The van der Waals surface area contributed by atoms with Crippen molar-refractivity contribution in [2.24, 2.45) is 11.8 Å². The molecule has 4 atom stereocenters. The van der Waals surface area contributed by atoms with Crippen molar-refractivity contribution in [1.29, 1.82) is 0 Å². The highest BCUT2D eigenvalue weighted by atomic mass is 32.2. The molecule has 3 heterocycles. The molecule has 0 radical (unpaired) electrons. The molecule has 3 aliphatic rings. The number of unbranched alkanes of at least 4 members (excludes halogenated alkanes) is 1. The van der Waals surface area contributed by atoms with Crippen LogP contribution in [0.25, 0.3) is 0 Å². The molecule has 4 rings (SSSR count). The van der Waals surface area contributed by atoms with Crippen LogP contribution < -0.4 is 4.74 Å². The van der Waals surface area contributed by atoms with Gasteiger partial charge in [0, 0.05) is 25.2 Å². The standard InChI is InChI=1S/C22H31F3N2O4S/c23-22(24,25)31-17-8-10-18(11-9-17)32(29,30)27-15-16-5-3-12-26-13-4-6-19(21(16)26)20(27)7-1-2-14-28/h8-11,16,19-21,28H,1-7,12-15H2/t16-,19+,20+,21-/m0/s1. The van der Waals surface area contributed by atoms with Crippen molar-refractivity contribution in [3.8, 4) is 5.75 Å². The van der Waals surface area contributed by atoms with Crippen molar-refractivity contribution >= 4 is 10.0 Å². The van der Waals surface area contributed by atoms with E-state index in [2.05, 4.69) is 9.64 Å². The number of piperidine rings is 3. The molecule has 180 valence electrons. The van der Waals surface area contributed by atoms with E-state index in [1.54, 1.807) is 4.31 Å². The SMILES string of the molecule is O=S(=O)(c1ccc(OC(F)(F)F)cc1)N1C[C@@H]2CCCN3CCC[C@@H]([C@H]23)[C@H]1CCCCO. The van der Waals surface area contributed by atoms with E-state index in [1.807, 2.05) is 0 Å². The van der Waals surface area contributed by atoms with E-state index in [0.717, 1.165) is 57.3 Å². The first-order valence-corrected chi connectivity index (χ1v) is 12.9. The molecule has 0 amide bonds. The highest BCUT2D eigenvalue weighted by molar-refractivity contribution is 7.89. The second-order valence-electron chi connectivity index (χ2n) is 9.12. The predicted molar refractivity (Wildman–Crippen MR) is 113 cm³/mol. The monoisotopic (exact) mass is 476 g/mol. The predicted octanol–water partition coefficient (Wildman–Crippen LogP) is 3.61. The summed E-state index contributed by atoms with van der Waals surface area (Å²) < 4.78 is 70.2. The lowest BCUT2D eigenvalue weighted by molar-refractivity contribution is -0.274. The lowest BCUT2D eigenvalue weighted by Crippen LogP contribution is -2.65. The van der Waals surface area contributed by atoms with E-state index >= 15 is 0 Å². The maximum atomic E-state index is 13.7. The van der Waals surface area contributed by atoms with Crippen LogP contribution in [-0.2, 0) is 10.0 Å². The molecule has 10 heteroatoms. The van der Waals surface area contributed by atoms with Crippen LogP contribution in [0.2, 0.25) is 0 Å². The Labute approximate surface area is 187 Å². The molecule has 3 fully saturated rings. The smallest absolute Gasteiger partial charge is 0.406 e. The third kappa shape index (κ3) is 4.93. The molecule has 3 saturated heterocycles. The van der Waals surface area contributed by atoms with Gasteiger partial charge in [-0.25, -0.2) is 8.42 Å². The lowest BCUT2D eigenvalue weighted by atomic mass is 9.70. The second-order valence-corrected chi connectivity index (χ2v) is 11.0. The number of aliphatic hydroxyl groups is 1. The van der Waals surface area contributed by atoms with Gasteiger partial charge < -0.3 is 9.84 Å². The first kappa shape index (κ1) is 23.8. The number of ether oxygens (including phenoxy) is 1. The summed E-state index contributed by atoms with van der Waals surface area (Å²) in [5, 5.41) is 9.24. The van der Waals surface area contributed by atoms with Crippen LogP contribution in [0, 0.1) is 11.8 Å². The van der Waals surface area contributed by atoms with Gasteiger partial charge in [-0.05, 0) is 94.1 Å². The molecule has 1 aromatic carbocycles. The summed E-state index contributed by atoms with van der Waals surface area (Å²) in [4.78, 5) is 2.52. The molecule has 0 spiro atoms. The summed E-state index contributed by atoms with van der Waals surface area (Å²) in [6.07, 6.45) is 1.28. The van der Waals surface area contributed by atoms with Gasteiger partial charge in [0.05, 0.1) is 4.90 Å². The normalized spacial score (nSPS) is 29.5. The Balaban J connectivity index is 1.62. The molecule has 3 aliphatic heterocycles. The molecule has 6 nitrogen and oxygen atoms in total. The maximum Gasteiger partial charge on any atom is 0.573 e. The number of aliphatic hydroxyl groups excluding tert-OH is 1. The van der Waals surface area contributed by atoms with E-state index in [0.29, 0.717) is 25.4 Å². The molecule has 0 aromatic heterocycles. The van der Waals surface area contributed by atoms with Crippen molar-refractivity contribution in [3.05, 3.63) is 24.3 Å². The fourth-order valence-corrected chi connectivity index (χ4v) is 7.76. The van der Waals surface area contributed by atoms with E-state index in [1.165, 1.54) is 12.1 Å². The summed E-state index contributed by atoms with van der Waals surface area (Å²) in [7, 11) is -3.88. The number of nitrogens with zero attached hydrogens (tertiary/aromatic N) is 2. The Morgan fingerprint density at radius 1 is 1.06 bits per heavy atom. The number of alkyl halides is 3. The molecule has 0 saturated carbocycles. The van der Waals surface area contributed by atoms with Crippen molar-refractivity contribution in [3.63, 3.8) is 0 Å². The minimum atomic E-state index is -4.83. The lowest BCUT2D eigenvalue weighted by Gasteiger charge is -2.57. The van der Waals surface area contributed by atoms with E-state index in [9.17, 15) is 26.7 Å². The summed E-state index contributed by atoms with van der Waals surface area (Å²) >= 11 is 0. The Morgan fingerprint density at radius 2 is 1.75 bits per heavy atom. The first-order valence-electron chi connectivity index (χ1n) is 11.4. The molecular weight excluding hydrogens is 445 g/mol. The molecule has 32 heavy (non-hydrogen) atoms. The molecule has 1 aromatic rings. The van der Waals surface area contributed by atoms with Crippen LogP contribution in [0.3, 0.4) is 0 Å². The Bertz CT molecular complexity index is 876. The summed E-state index contributed by atoms with van der Waals surface area (Å²) in [5.74, 6) is 0.0692. The molecular formula is C22H31F3N2O4S. The number of benzene rings is 1. The second kappa shape index (κ2) is 9.48. The quantitative estimate of drug-likeness (QED) is 0.609. The van der Waals surface area contributed by atoms with Crippen LogP contribution in [0.4, 0.5) is 13.2 Å². The largest absolute Gasteiger partial charge is 0.573 e. The number of sulfonamides is 1. The Hall–Kier alpha value is -1.36. The van der Waals surface area contributed by atoms with Gasteiger partial charge in [-0.2, -0.15) is 4.31 Å². The minimum Gasteiger partial charge on any atom is -0.406 e. The van der Waals surface area contributed by atoms with Crippen molar-refractivity contribution in [1.82, 2.24) is 9.21 Å². The fourth-order valence-electron chi connectivity index (χ4n) is 6.00. The molecule has 0 unspecified atom stereocenters. The zero-order valence-corrected chi connectivity index (χ0v) is 18.8.